The lowest BCUT2D eigenvalue weighted by molar-refractivity contribution is -0.141. The van der Waals surface area contributed by atoms with E-state index in [1.165, 1.54) is 14.0 Å². The maximum Gasteiger partial charge on any atom is 0.326 e. The Labute approximate surface area is 117 Å². The summed E-state index contributed by atoms with van der Waals surface area (Å²) in [5, 5.41) is 11.3. The van der Waals surface area contributed by atoms with E-state index in [1.807, 2.05) is 0 Å². The van der Waals surface area contributed by atoms with E-state index in [-0.39, 0.29) is 5.91 Å². The molecule has 0 aliphatic carbocycles. The molecule has 0 aromatic rings. The van der Waals surface area contributed by atoms with Crippen LogP contribution in [0.1, 0.15) is 13.8 Å². The number of carboxylic acids is 1. The maximum absolute atomic E-state index is 12.1. The molecule has 2 atom stereocenters. The molecule has 0 aromatic heterocycles. The van der Waals surface area contributed by atoms with Gasteiger partial charge in [-0.15, -0.1) is 0 Å². The molecule has 8 nitrogen and oxygen atoms in total. The van der Waals surface area contributed by atoms with Gasteiger partial charge in [-0.2, -0.15) is 0 Å². The summed E-state index contributed by atoms with van der Waals surface area (Å²) >= 11 is 0. The van der Waals surface area contributed by atoms with E-state index in [1.54, 1.807) is 11.8 Å². The van der Waals surface area contributed by atoms with Crippen molar-refractivity contribution >= 4 is 17.9 Å². The molecule has 1 heterocycles. The average Bonchev–Trinajstić information content (AvgIpc) is 2.45. The first-order valence-electron chi connectivity index (χ1n) is 6.47. The summed E-state index contributed by atoms with van der Waals surface area (Å²) < 4.78 is 5.15. The molecule has 1 rings (SSSR count). The molecule has 0 aromatic carbocycles. The van der Waals surface area contributed by atoms with E-state index in [0.29, 0.717) is 26.3 Å². The number of carbonyl (C=O) groups is 3. The molecule has 2 N–H and O–H groups in total. The first kappa shape index (κ1) is 16.2. The second kappa shape index (κ2) is 7.09. The molecular formula is C12H21N3O5. The lowest BCUT2D eigenvalue weighted by Gasteiger charge is -2.30. The Bertz CT molecular complexity index is 381. The Hall–Kier alpha value is -1.83. The molecule has 1 aliphatic heterocycles. The topological polar surface area (TPSA) is 99.2 Å². The van der Waals surface area contributed by atoms with E-state index in [4.69, 9.17) is 9.84 Å². The molecule has 2 unspecified atom stereocenters. The number of aliphatic carboxylic acids is 1. The molecule has 1 aliphatic rings. The number of amides is 3. The summed E-state index contributed by atoms with van der Waals surface area (Å²) in [6, 6.07) is -2.25. The zero-order valence-electron chi connectivity index (χ0n) is 12.0. The van der Waals surface area contributed by atoms with E-state index >= 15 is 0 Å². The first-order chi connectivity index (χ1) is 9.34. The van der Waals surface area contributed by atoms with Gasteiger partial charge < -0.3 is 25.0 Å². The van der Waals surface area contributed by atoms with Crippen molar-refractivity contribution in [2.75, 3.05) is 33.4 Å². The average molecular weight is 287 g/mol. The predicted molar refractivity (Wildman–Crippen MR) is 70.3 cm³/mol. The quantitative estimate of drug-likeness (QED) is 0.715. The highest BCUT2D eigenvalue weighted by atomic mass is 16.5. The van der Waals surface area contributed by atoms with Crippen LogP contribution in [0.4, 0.5) is 4.79 Å². The second-order valence-corrected chi connectivity index (χ2v) is 4.73. The highest BCUT2D eigenvalue weighted by molar-refractivity contribution is 5.88. The van der Waals surface area contributed by atoms with Crippen LogP contribution in [0.2, 0.25) is 0 Å². The van der Waals surface area contributed by atoms with Gasteiger partial charge in [-0.05, 0) is 13.8 Å². The smallest absolute Gasteiger partial charge is 0.326 e. The van der Waals surface area contributed by atoms with Crippen LogP contribution >= 0.6 is 0 Å². The first-order valence-corrected chi connectivity index (χ1v) is 6.47. The van der Waals surface area contributed by atoms with Crippen molar-refractivity contribution < 1.29 is 24.2 Å². The van der Waals surface area contributed by atoms with Crippen molar-refractivity contribution in [3.63, 3.8) is 0 Å². The monoisotopic (exact) mass is 287 g/mol. The number of hydrogen-bond acceptors (Lipinski definition) is 4. The summed E-state index contributed by atoms with van der Waals surface area (Å²) in [5.41, 5.74) is 0. The third-order valence-electron chi connectivity index (χ3n) is 3.29. The number of ether oxygens (including phenoxy) is 1. The summed E-state index contributed by atoms with van der Waals surface area (Å²) in [6.45, 7) is 4.96. The van der Waals surface area contributed by atoms with Crippen LogP contribution in [0.25, 0.3) is 0 Å². The molecule has 1 saturated heterocycles. The van der Waals surface area contributed by atoms with Gasteiger partial charge in [0.2, 0.25) is 5.91 Å². The van der Waals surface area contributed by atoms with Gasteiger partial charge in [0.15, 0.2) is 0 Å². The number of nitrogens with zero attached hydrogens (tertiary/aromatic N) is 2. The number of rotatable bonds is 4. The number of likely N-dealkylation sites (N-methyl/N-ethyl adjacent to an activating group) is 1. The van der Waals surface area contributed by atoms with E-state index < -0.39 is 24.1 Å². The van der Waals surface area contributed by atoms with Gasteiger partial charge in [0.1, 0.15) is 12.1 Å². The fourth-order valence-corrected chi connectivity index (χ4v) is 1.75. The fourth-order valence-electron chi connectivity index (χ4n) is 1.75. The van der Waals surface area contributed by atoms with Crippen LogP contribution in [0.15, 0.2) is 0 Å². The minimum absolute atomic E-state index is 0.196. The van der Waals surface area contributed by atoms with E-state index in [0.717, 1.165) is 4.90 Å². The minimum atomic E-state index is -1.10. The summed E-state index contributed by atoms with van der Waals surface area (Å²) in [6.07, 6.45) is 0. The highest BCUT2D eigenvalue weighted by Crippen LogP contribution is 2.02. The molecule has 20 heavy (non-hydrogen) atoms. The largest absolute Gasteiger partial charge is 0.480 e. The van der Waals surface area contributed by atoms with Crippen LogP contribution in [-0.2, 0) is 14.3 Å². The lowest BCUT2D eigenvalue weighted by atomic mass is 10.2. The molecule has 0 radical (unpaired) electrons. The Morgan fingerprint density at radius 1 is 1.25 bits per heavy atom. The van der Waals surface area contributed by atoms with Gasteiger partial charge in [-0.25, -0.2) is 9.59 Å². The second-order valence-electron chi connectivity index (χ2n) is 4.73. The van der Waals surface area contributed by atoms with Gasteiger partial charge in [0.25, 0.3) is 0 Å². The Morgan fingerprint density at radius 3 is 2.30 bits per heavy atom. The fraction of sp³-hybridized carbons (Fsp3) is 0.750. The number of hydrogen-bond donors (Lipinski definition) is 2. The number of urea groups is 1. The van der Waals surface area contributed by atoms with Crippen molar-refractivity contribution in [3.8, 4) is 0 Å². The number of carboxylic acid groups (broad SMARTS) is 1. The molecule has 114 valence electrons. The normalized spacial score (nSPS) is 18.1. The van der Waals surface area contributed by atoms with Crippen molar-refractivity contribution in [3.05, 3.63) is 0 Å². The number of morpholine rings is 1. The van der Waals surface area contributed by atoms with Crippen molar-refractivity contribution in [1.82, 2.24) is 15.1 Å². The van der Waals surface area contributed by atoms with Gasteiger partial charge >= 0.3 is 12.0 Å². The Kier molecular flexibility index (Phi) is 5.75. The summed E-state index contributed by atoms with van der Waals surface area (Å²) in [5.74, 6) is -1.30. The minimum Gasteiger partial charge on any atom is -0.480 e. The molecule has 3 amide bonds. The van der Waals surface area contributed by atoms with Gasteiger partial charge in [0, 0.05) is 20.1 Å². The lowest BCUT2D eigenvalue weighted by Crippen LogP contribution is -2.54. The SMILES string of the molecule is CC(NC(=O)N(C)C(C)C(=O)O)C(=O)N1CCOCC1. The molecular weight excluding hydrogens is 266 g/mol. The van der Waals surface area contributed by atoms with Crippen LogP contribution in [0.3, 0.4) is 0 Å². The number of nitrogens with one attached hydrogen (secondary N) is 1. The Balaban J connectivity index is 2.51. The third-order valence-corrected chi connectivity index (χ3v) is 3.29. The van der Waals surface area contributed by atoms with Crippen molar-refractivity contribution in [1.29, 1.82) is 0 Å². The van der Waals surface area contributed by atoms with Crippen LogP contribution in [-0.4, -0.2) is 78.2 Å². The number of carbonyl (C=O) groups excluding carboxylic acids is 2. The summed E-state index contributed by atoms with van der Waals surface area (Å²) in [7, 11) is 1.38. The van der Waals surface area contributed by atoms with E-state index in [9.17, 15) is 14.4 Å². The van der Waals surface area contributed by atoms with Crippen molar-refractivity contribution in [2.45, 2.75) is 25.9 Å². The third kappa shape index (κ3) is 4.09. The van der Waals surface area contributed by atoms with Gasteiger partial charge in [-0.3, -0.25) is 4.79 Å². The van der Waals surface area contributed by atoms with Crippen molar-refractivity contribution in [2.24, 2.45) is 0 Å². The molecule has 0 saturated carbocycles. The Morgan fingerprint density at radius 2 is 1.80 bits per heavy atom. The highest BCUT2D eigenvalue weighted by Gasteiger charge is 2.27. The molecule has 0 spiro atoms. The van der Waals surface area contributed by atoms with Crippen LogP contribution in [0.5, 0.6) is 0 Å². The zero-order chi connectivity index (χ0) is 15.3. The predicted octanol–water partition coefficient (Wildman–Crippen LogP) is -0.652. The summed E-state index contributed by atoms with van der Waals surface area (Å²) in [4.78, 5) is 37.4. The van der Waals surface area contributed by atoms with Gasteiger partial charge in [0.05, 0.1) is 13.2 Å². The molecule has 0 bridgehead atoms. The van der Waals surface area contributed by atoms with Crippen LogP contribution in [0, 0.1) is 0 Å². The van der Waals surface area contributed by atoms with Crippen LogP contribution < -0.4 is 5.32 Å². The standard InChI is InChI=1S/C12H21N3O5/c1-8(10(16)15-4-6-20-7-5-15)13-12(19)14(3)9(2)11(17)18/h8-9H,4-7H2,1-3H3,(H,13,19)(H,17,18). The zero-order valence-corrected chi connectivity index (χ0v) is 12.0. The maximum atomic E-state index is 12.1. The van der Waals surface area contributed by atoms with E-state index in [2.05, 4.69) is 5.32 Å². The molecule has 1 fully saturated rings. The molecule has 8 heteroatoms. The van der Waals surface area contributed by atoms with Gasteiger partial charge in [-0.1, -0.05) is 0 Å².